The van der Waals surface area contributed by atoms with Gasteiger partial charge in [-0.25, -0.2) is 0 Å². The lowest BCUT2D eigenvalue weighted by Crippen LogP contribution is -2.40. The number of hydrogen-bond donors (Lipinski definition) is 0. The van der Waals surface area contributed by atoms with E-state index in [9.17, 15) is 0 Å². The summed E-state index contributed by atoms with van der Waals surface area (Å²) < 4.78 is 0. The highest BCUT2D eigenvalue weighted by Crippen LogP contribution is 2.29. The van der Waals surface area contributed by atoms with Crippen molar-refractivity contribution in [3.05, 3.63) is 5.01 Å². The Hall–Kier alpha value is -0.160. The summed E-state index contributed by atoms with van der Waals surface area (Å²) in [5, 5.41) is 11.5. The maximum absolute atomic E-state index is 4.22. The third-order valence-corrected chi connectivity index (χ3v) is 4.57. The van der Waals surface area contributed by atoms with Crippen LogP contribution in [0.5, 0.6) is 0 Å². The third kappa shape index (κ3) is 2.69. The predicted octanol–water partition coefficient (Wildman–Crippen LogP) is 2.70. The second kappa shape index (κ2) is 4.78. The van der Waals surface area contributed by atoms with Gasteiger partial charge >= 0.3 is 0 Å². The molecule has 1 aromatic heterocycles. The zero-order chi connectivity index (χ0) is 10.8. The van der Waals surface area contributed by atoms with Crippen molar-refractivity contribution in [1.82, 2.24) is 10.2 Å². The zero-order valence-electron chi connectivity index (χ0n) is 9.11. The lowest BCUT2D eigenvalue weighted by molar-refractivity contribution is 0.362. The number of alkyl halides is 1. The van der Waals surface area contributed by atoms with E-state index in [0.717, 1.165) is 40.4 Å². The molecule has 1 fully saturated rings. The van der Waals surface area contributed by atoms with Gasteiger partial charge in [-0.05, 0) is 25.2 Å². The van der Waals surface area contributed by atoms with E-state index in [2.05, 4.69) is 38.0 Å². The van der Waals surface area contributed by atoms with Crippen LogP contribution in [0.25, 0.3) is 0 Å². The van der Waals surface area contributed by atoms with Crippen molar-refractivity contribution in [1.29, 1.82) is 0 Å². The zero-order valence-corrected chi connectivity index (χ0v) is 11.5. The van der Waals surface area contributed by atoms with Gasteiger partial charge in [0, 0.05) is 18.4 Å². The molecule has 1 aromatic rings. The van der Waals surface area contributed by atoms with E-state index >= 15 is 0 Å². The van der Waals surface area contributed by atoms with Crippen molar-refractivity contribution in [2.24, 2.45) is 11.8 Å². The fraction of sp³-hybridized carbons (Fsp3) is 0.800. The molecule has 0 amide bonds. The lowest BCUT2D eigenvalue weighted by Gasteiger charge is -2.35. The molecule has 1 saturated heterocycles. The summed E-state index contributed by atoms with van der Waals surface area (Å²) in [5.74, 6) is 1.50. The van der Waals surface area contributed by atoms with Gasteiger partial charge in [-0.1, -0.05) is 34.2 Å². The summed E-state index contributed by atoms with van der Waals surface area (Å²) in [4.78, 5) is 2.38. The van der Waals surface area contributed by atoms with Gasteiger partial charge in [-0.15, -0.1) is 10.2 Å². The molecule has 0 bridgehead atoms. The van der Waals surface area contributed by atoms with Crippen molar-refractivity contribution in [3.8, 4) is 0 Å². The van der Waals surface area contributed by atoms with E-state index in [1.54, 1.807) is 11.3 Å². The quantitative estimate of drug-likeness (QED) is 0.784. The van der Waals surface area contributed by atoms with Crippen LogP contribution in [0, 0.1) is 18.8 Å². The number of aromatic nitrogens is 2. The molecule has 2 atom stereocenters. The molecule has 5 heteroatoms. The first-order chi connectivity index (χ1) is 7.19. The Morgan fingerprint density at radius 3 is 2.87 bits per heavy atom. The van der Waals surface area contributed by atoms with Crippen molar-refractivity contribution >= 4 is 32.4 Å². The molecule has 2 heterocycles. The van der Waals surface area contributed by atoms with Crippen LogP contribution in [0.1, 0.15) is 18.4 Å². The van der Waals surface area contributed by atoms with E-state index in [0.29, 0.717) is 0 Å². The van der Waals surface area contributed by atoms with Gasteiger partial charge in [-0.3, -0.25) is 0 Å². The molecular weight excluding hydrogens is 274 g/mol. The molecule has 0 spiro atoms. The van der Waals surface area contributed by atoms with Crippen molar-refractivity contribution < 1.29 is 0 Å². The minimum atomic E-state index is 0.748. The highest BCUT2D eigenvalue weighted by molar-refractivity contribution is 9.09. The fourth-order valence-electron chi connectivity index (χ4n) is 2.16. The van der Waals surface area contributed by atoms with Crippen molar-refractivity contribution in [2.45, 2.75) is 20.3 Å². The van der Waals surface area contributed by atoms with Crippen LogP contribution in [0.2, 0.25) is 0 Å². The monoisotopic (exact) mass is 289 g/mol. The standard InChI is InChI=1S/C10H16BrN3S/c1-7-3-9(4-11)6-14(5-7)10-13-12-8(2)15-10/h7,9H,3-6H2,1-2H3. The maximum Gasteiger partial charge on any atom is 0.208 e. The van der Waals surface area contributed by atoms with E-state index in [1.165, 1.54) is 6.42 Å². The van der Waals surface area contributed by atoms with Crippen LogP contribution in [-0.4, -0.2) is 28.6 Å². The smallest absolute Gasteiger partial charge is 0.208 e. The first kappa shape index (κ1) is 11.3. The predicted molar refractivity (Wildman–Crippen MR) is 67.9 cm³/mol. The number of aryl methyl sites for hydroxylation is 1. The van der Waals surface area contributed by atoms with Crippen molar-refractivity contribution in [2.75, 3.05) is 23.3 Å². The van der Waals surface area contributed by atoms with Gasteiger partial charge in [0.2, 0.25) is 5.13 Å². The lowest BCUT2D eigenvalue weighted by atomic mass is 9.92. The second-order valence-electron chi connectivity index (χ2n) is 4.37. The Labute approximate surface area is 103 Å². The molecule has 1 aliphatic heterocycles. The first-order valence-corrected chi connectivity index (χ1v) is 7.24. The number of anilines is 1. The molecule has 3 nitrogen and oxygen atoms in total. The van der Waals surface area contributed by atoms with Crippen LogP contribution >= 0.6 is 27.3 Å². The Morgan fingerprint density at radius 1 is 1.47 bits per heavy atom. The van der Waals surface area contributed by atoms with Crippen LogP contribution in [0.15, 0.2) is 0 Å². The van der Waals surface area contributed by atoms with E-state index in [4.69, 9.17) is 0 Å². The minimum Gasteiger partial charge on any atom is -0.346 e. The number of nitrogens with zero attached hydrogens (tertiary/aromatic N) is 3. The molecule has 0 aromatic carbocycles. The molecule has 15 heavy (non-hydrogen) atoms. The van der Waals surface area contributed by atoms with Gasteiger partial charge in [0.15, 0.2) is 0 Å². The van der Waals surface area contributed by atoms with E-state index in [-0.39, 0.29) is 0 Å². The molecule has 0 aliphatic carbocycles. The number of hydrogen-bond acceptors (Lipinski definition) is 4. The number of piperidine rings is 1. The topological polar surface area (TPSA) is 29.0 Å². The maximum atomic E-state index is 4.22. The SMILES string of the molecule is Cc1nnc(N2CC(C)CC(CBr)C2)s1. The van der Waals surface area contributed by atoms with Gasteiger partial charge in [0.1, 0.15) is 5.01 Å². The summed E-state index contributed by atoms with van der Waals surface area (Å²) in [7, 11) is 0. The first-order valence-electron chi connectivity index (χ1n) is 5.30. The van der Waals surface area contributed by atoms with Crippen LogP contribution in [-0.2, 0) is 0 Å². The van der Waals surface area contributed by atoms with Crippen LogP contribution < -0.4 is 4.90 Å². The highest BCUT2D eigenvalue weighted by atomic mass is 79.9. The Morgan fingerprint density at radius 2 is 2.27 bits per heavy atom. The average molecular weight is 290 g/mol. The number of halogens is 1. The van der Waals surface area contributed by atoms with Gasteiger partial charge < -0.3 is 4.90 Å². The molecular formula is C10H16BrN3S. The molecule has 2 unspecified atom stereocenters. The third-order valence-electron chi connectivity index (χ3n) is 2.75. The molecule has 2 rings (SSSR count). The molecule has 0 radical (unpaired) electrons. The van der Waals surface area contributed by atoms with E-state index < -0.39 is 0 Å². The largest absolute Gasteiger partial charge is 0.346 e. The summed E-state index contributed by atoms with van der Waals surface area (Å²) in [5.41, 5.74) is 0. The molecule has 1 aliphatic rings. The summed E-state index contributed by atoms with van der Waals surface area (Å²) in [6.45, 7) is 6.56. The normalized spacial score (nSPS) is 27.0. The summed E-state index contributed by atoms with van der Waals surface area (Å²) in [6.07, 6.45) is 1.32. The molecule has 0 N–H and O–H groups in total. The fourth-order valence-corrected chi connectivity index (χ4v) is 3.34. The minimum absolute atomic E-state index is 0.748. The van der Waals surface area contributed by atoms with Crippen molar-refractivity contribution in [3.63, 3.8) is 0 Å². The Balaban J connectivity index is 2.08. The Bertz CT molecular complexity index is 328. The van der Waals surface area contributed by atoms with E-state index in [1.807, 2.05) is 6.92 Å². The van der Waals surface area contributed by atoms with Gasteiger partial charge in [0.25, 0.3) is 0 Å². The Kier molecular flexibility index (Phi) is 3.61. The van der Waals surface area contributed by atoms with Crippen LogP contribution in [0.3, 0.4) is 0 Å². The highest BCUT2D eigenvalue weighted by Gasteiger charge is 2.25. The van der Waals surface area contributed by atoms with Gasteiger partial charge in [-0.2, -0.15) is 0 Å². The van der Waals surface area contributed by atoms with Gasteiger partial charge in [0.05, 0.1) is 0 Å². The molecule has 84 valence electrons. The number of rotatable bonds is 2. The average Bonchev–Trinajstić information content (AvgIpc) is 2.64. The molecule has 0 saturated carbocycles. The summed E-state index contributed by atoms with van der Waals surface area (Å²) >= 11 is 5.28. The summed E-state index contributed by atoms with van der Waals surface area (Å²) in [6, 6.07) is 0. The van der Waals surface area contributed by atoms with Crippen LogP contribution in [0.4, 0.5) is 5.13 Å². The second-order valence-corrected chi connectivity index (χ2v) is 6.18.